The van der Waals surface area contributed by atoms with E-state index in [0.29, 0.717) is 24.3 Å². The van der Waals surface area contributed by atoms with E-state index < -0.39 is 5.97 Å². The fourth-order valence-electron chi connectivity index (χ4n) is 2.11. The highest BCUT2D eigenvalue weighted by Gasteiger charge is 2.13. The minimum atomic E-state index is -0.396. The van der Waals surface area contributed by atoms with Crippen LogP contribution in [0.25, 0.3) is 0 Å². The second-order valence-electron chi connectivity index (χ2n) is 5.84. The molecule has 0 radical (unpaired) electrons. The van der Waals surface area contributed by atoms with Gasteiger partial charge in [0, 0.05) is 12.2 Å². The summed E-state index contributed by atoms with van der Waals surface area (Å²) < 4.78 is 5.11. The summed E-state index contributed by atoms with van der Waals surface area (Å²) in [6.45, 7) is 8.75. The Kier molecular flexibility index (Phi) is 8.63. The quantitative estimate of drug-likeness (QED) is 0.662. The van der Waals surface area contributed by atoms with Gasteiger partial charge in [-0.25, -0.2) is 4.79 Å². The highest BCUT2D eigenvalue weighted by molar-refractivity contribution is 5.94. The molecule has 0 aliphatic carbocycles. The fraction of sp³-hybridized carbons (Fsp3) is 0.500. The minimum Gasteiger partial charge on any atom is -0.459 e. The second-order valence-corrected chi connectivity index (χ2v) is 5.84. The number of esters is 1. The number of likely N-dealkylation sites (N-methyl/N-ethyl adjacent to an activating group) is 2. The van der Waals surface area contributed by atoms with E-state index in [0.717, 1.165) is 0 Å². The van der Waals surface area contributed by atoms with Crippen LogP contribution in [-0.2, 0) is 14.3 Å². The van der Waals surface area contributed by atoms with E-state index in [1.165, 1.54) is 0 Å². The van der Waals surface area contributed by atoms with E-state index in [-0.39, 0.29) is 31.0 Å². The third-order valence-corrected chi connectivity index (χ3v) is 3.30. The van der Waals surface area contributed by atoms with Gasteiger partial charge < -0.3 is 15.4 Å². The first-order valence-electron chi connectivity index (χ1n) is 8.45. The number of nitrogens with one attached hydrogen (secondary N) is 2. The zero-order valence-corrected chi connectivity index (χ0v) is 15.3. The SMILES string of the molecule is CCNC(=O)CN(CC)CC(=O)Nc1ccc(C(=O)OC(C)C)cc1. The molecule has 1 aromatic carbocycles. The van der Waals surface area contributed by atoms with Crippen molar-refractivity contribution in [1.29, 1.82) is 0 Å². The average molecular weight is 349 g/mol. The van der Waals surface area contributed by atoms with Gasteiger partial charge in [-0.2, -0.15) is 0 Å². The number of amides is 2. The lowest BCUT2D eigenvalue weighted by molar-refractivity contribution is -0.123. The van der Waals surface area contributed by atoms with Crippen molar-refractivity contribution in [1.82, 2.24) is 10.2 Å². The van der Waals surface area contributed by atoms with Crippen LogP contribution in [0, 0.1) is 0 Å². The number of carbonyl (C=O) groups is 3. The van der Waals surface area contributed by atoms with Crippen molar-refractivity contribution in [2.24, 2.45) is 0 Å². The van der Waals surface area contributed by atoms with Gasteiger partial charge in [0.15, 0.2) is 0 Å². The third-order valence-electron chi connectivity index (χ3n) is 3.30. The maximum atomic E-state index is 12.1. The Morgan fingerprint density at radius 3 is 2.16 bits per heavy atom. The van der Waals surface area contributed by atoms with E-state index in [4.69, 9.17) is 4.74 Å². The van der Waals surface area contributed by atoms with Crippen LogP contribution in [-0.4, -0.2) is 55.0 Å². The summed E-state index contributed by atoms with van der Waals surface area (Å²) in [6.07, 6.45) is -0.184. The van der Waals surface area contributed by atoms with Crippen molar-refractivity contribution in [3.63, 3.8) is 0 Å². The molecule has 0 spiro atoms. The molecule has 0 aromatic heterocycles. The molecule has 0 atom stereocenters. The van der Waals surface area contributed by atoms with Crippen LogP contribution in [0.15, 0.2) is 24.3 Å². The van der Waals surface area contributed by atoms with Crippen LogP contribution in [0.3, 0.4) is 0 Å². The van der Waals surface area contributed by atoms with E-state index in [2.05, 4.69) is 10.6 Å². The van der Waals surface area contributed by atoms with E-state index >= 15 is 0 Å². The molecule has 0 aliphatic heterocycles. The van der Waals surface area contributed by atoms with Crippen molar-refractivity contribution >= 4 is 23.5 Å². The first kappa shape index (κ1) is 20.6. The smallest absolute Gasteiger partial charge is 0.338 e. The van der Waals surface area contributed by atoms with Gasteiger partial charge >= 0.3 is 5.97 Å². The Morgan fingerprint density at radius 1 is 1.04 bits per heavy atom. The van der Waals surface area contributed by atoms with Crippen molar-refractivity contribution in [2.45, 2.75) is 33.8 Å². The summed E-state index contributed by atoms with van der Waals surface area (Å²) in [5, 5.41) is 5.46. The van der Waals surface area contributed by atoms with Gasteiger partial charge in [-0.15, -0.1) is 0 Å². The number of anilines is 1. The Bertz CT molecular complexity index is 584. The van der Waals surface area contributed by atoms with Crippen LogP contribution in [0.4, 0.5) is 5.69 Å². The van der Waals surface area contributed by atoms with Crippen molar-refractivity contribution in [2.75, 3.05) is 31.5 Å². The Morgan fingerprint density at radius 2 is 1.64 bits per heavy atom. The first-order chi connectivity index (χ1) is 11.8. The molecule has 0 bridgehead atoms. The molecule has 138 valence electrons. The lowest BCUT2D eigenvalue weighted by Crippen LogP contribution is -2.41. The zero-order valence-electron chi connectivity index (χ0n) is 15.3. The largest absolute Gasteiger partial charge is 0.459 e. The molecule has 0 unspecified atom stereocenters. The molecule has 2 N–H and O–H groups in total. The molecule has 7 heteroatoms. The Labute approximate surface area is 148 Å². The van der Waals surface area contributed by atoms with Gasteiger partial charge in [0.2, 0.25) is 11.8 Å². The van der Waals surface area contributed by atoms with Gasteiger partial charge in [-0.1, -0.05) is 6.92 Å². The molecule has 1 aromatic rings. The van der Waals surface area contributed by atoms with Gasteiger partial charge in [0.05, 0.1) is 24.8 Å². The molecule has 25 heavy (non-hydrogen) atoms. The lowest BCUT2D eigenvalue weighted by atomic mass is 10.2. The molecule has 0 saturated carbocycles. The normalized spacial score (nSPS) is 10.6. The predicted molar refractivity (Wildman–Crippen MR) is 96.4 cm³/mol. The van der Waals surface area contributed by atoms with Crippen LogP contribution in [0.5, 0.6) is 0 Å². The summed E-state index contributed by atoms with van der Waals surface area (Å²) in [7, 11) is 0. The monoisotopic (exact) mass is 349 g/mol. The maximum absolute atomic E-state index is 12.1. The average Bonchev–Trinajstić information content (AvgIpc) is 2.54. The molecule has 7 nitrogen and oxygen atoms in total. The van der Waals surface area contributed by atoms with Crippen LogP contribution >= 0.6 is 0 Å². The fourth-order valence-corrected chi connectivity index (χ4v) is 2.11. The summed E-state index contributed by atoms with van der Waals surface area (Å²) in [6, 6.07) is 6.50. The van der Waals surface area contributed by atoms with Crippen LogP contribution < -0.4 is 10.6 Å². The van der Waals surface area contributed by atoms with Crippen molar-refractivity contribution in [3.8, 4) is 0 Å². The number of carbonyl (C=O) groups excluding carboxylic acids is 3. The highest BCUT2D eigenvalue weighted by atomic mass is 16.5. The first-order valence-corrected chi connectivity index (χ1v) is 8.45. The van der Waals surface area contributed by atoms with E-state index in [1.807, 2.05) is 13.8 Å². The topological polar surface area (TPSA) is 87.7 Å². The molecule has 0 aliphatic rings. The number of benzene rings is 1. The second kappa shape index (κ2) is 10.5. The van der Waals surface area contributed by atoms with Gasteiger partial charge in [-0.05, 0) is 51.6 Å². The molecule has 0 fully saturated rings. The Balaban J connectivity index is 2.55. The van der Waals surface area contributed by atoms with Crippen molar-refractivity contribution < 1.29 is 19.1 Å². The number of rotatable bonds is 9. The zero-order chi connectivity index (χ0) is 18.8. The van der Waals surface area contributed by atoms with Crippen LogP contribution in [0.1, 0.15) is 38.1 Å². The number of hydrogen-bond acceptors (Lipinski definition) is 5. The van der Waals surface area contributed by atoms with E-state index in [1.54, 1.807) is 43.0 Å². The minimum absolute atomic E-state index is 0.106. The predicted octanol–water partition coefficient (Wildman–Crippen LogP) is 1.65. The van der Waals surface area contributed by atoms with Crippen LogP contribution in [0.2, 0.25) is 0 Å². The molecule has 2 amide bonds. The van der Waals surface area contributed by atoms with E-state index in [9.17, 15) is 14.4 Å². The number of ether oxygens (including phenoxy) is 1. The molecule has 0 saturated heterocycles. The third kappa shape index (κ3) is 7.80. The number of nitrogens with zero attached hydrogens (tertiary/aromatic N) is 1. The summed E-state index contributed by atoms with van der Waals surface area (Å²) in [5.41, 5.74) is 1.01. The number of hydrogen-bond donors (Lipinski definition) is 2. The van der Waals surface area contributed by atoms with Gasteiger partial charge in [0.25, 0.3) is 0 Å². The van der Waals surface area contributed by atoms with Gasteiger partial charge in [-0.3, -0.25) is 14.5 Å². The molecular weight excluding hydrogens is 322 g/mol. The molecule has 0 heterocycles. The summed E-state index contributed by atoms with van der Waals surface area (Å²) in [4.78, 5) is 37.2. The maximum Gasteiger partial charge on any atom is 0.338 e. The molecular formula is C18H27N3O4. The summed E-state index contributed by atoms with van der Waals surface area (Å²) in [5.74, 6) is -0.721. The lowest BCUT2D eigenvalue weighted by Gasteiger charge is -2.19. The highest BCUT2D eigenvalue weighted by Crippen LogP contribution is 2.11. The summed E-state index contributed by atoms with van der Waals surface area (Å²) >= 11 is 0. The standard InChI is InChI=1S/C18H27N3O4/c1-5-19-16(22)11-21(6-2)12-17(23)20-15-9-7-14(8-10-15)18(24)25-13(3)4/h7-10,13H,5-6,11-12H2,1-4H3,(H,19,22)(H,20,23). The molecule has 1 rings (SSSR count). The van der Waals surface area contributed by atoms with Crippen molar-refractivity contribution in [3.05, 3.63) is 29.8 Å². The Hall–Kier alpha value is -2.41. The van der Waals surface area contributed by atoms with Gasteiger partial charge in [0.1, 0.15) is 0 Å².